The van der Waals surface area contributed by atoms with E-state index in [1.54, 1.807) is 51.9 Å². The molecule has 3 amide bonds. The highest BCUT2D eigenvalue weighted by Gasteiger charge is 2.44. The second-order valence-electron chi connectivity index (χ2n) is 20.5. The molecular weight excluding hydrogens is 1300 g/mol. The summed E-state index contributed by atoms with van der Waals surface area (Å²) in [6.45, 7) is 7.24. The molecule has 496 valence electrons. The molecule has 37 heteroatoms. The minimum absolute atomic E-state index is 0.0454. The van der Waals surface area contributed by atoms with Crippen LogP contribution in [0.5, 0.6) is 0 Å². The van der Waals surface area contributed by atoms with Crippen LogP contribution in [0.25, 0.3) is 43.9 Å². The van der Waals surface area contributed by atoms with E-state index >= 15 is 0 Å². The van der Waals surface area contributed by atoms with Crippen molar-refractivity contribution in [2.45, 2.75) is 88.9 Å². The number of carbonyl (C=O) groups excluding carboxylic acids is 3. The lowest BCUT2D eigenvalue weighted by atomic mass is 9.90. The zero-order chi connectivity index (χ0) is 66.2. The van der Waals surface area contributed by atoms with Gasteiger partial charge in [0.1, 0.15) is 42.2 Å². The van der Waals surface area contributed by atoms with Gasteiger partial charge in [0, 0.05) is 94.9 Å². The van der Waals surface area contributed by atoms with Crippen molar-refractivity contribution in [2.75, 3.05) is 90.0 Å². The number of hydrogen-bond acceptors (Lipinski definition) is 24. The highest BCUT2D eigenvalue weighted by molar-refractivity contribution is 8.77. The number of esters is 1. The molecule has 3 aromatic rings. The number of phosphoric acid groups is 3. The van der Waals surface area contributed by atoms with Crippen LogP contribution in [0.2, 0.25) is 0 Å². The fourth-order valence-electron chi connectivity index (χ4n) is 8.65. The van der Waals surface area contributed by atoms with Gasteiger partial charge in [-0.15, -0.1) is 0 Å². The molecule has 1 aliphatic carbocycles. The van der Waals surface area contributed by atoms with E-state index in [-0.39, 0.29) is 67.1 Å². The fourth-order valence-corrected chi connectivity index (χ4v) is 14.0. The average Bonchev–Trinajstić information content (AvgIpc) is 1.28. The van der Waals surface area contributed by atoms with E-state index in [2.05, 4.69) is 69.8 Å². The first-order chi connectivity index (χ1) is 43.2. The number of urea groups is 1. The number of aromatic nitrogens is 2. The van der Waals surface area contributed by atoms with E-state index in [0.717, 1.165) is 45.0 Å². The van der Waals surface area contributed by atoms with Gasteiger partial charge in [-0.1, -0.05) is 44.6 Å². The van der Waals surface area contributed by atoms with Gasteiger partial charge in [0.2, 0.25) is 0 Å². The molecule has 6 rings (SSSR count). The summed E-state index contributed by atoms with van der Waals surface area (Å²) in [7, 11) is -13.8. The van der Waals surface area contributed by atoms with E-state index in [4.69, 9.17) is 65.0 Å². The van der Waals surface area contributed by atoms with E-state index in [9.17, 15) is 42.7 Å². The number of azide groups is 1. The van der Waals surface area contributed by atoms with Crippen molar-refractivity contribution in [1.29, 1.82) is 5.41 Å². The van der Waals surface area contributed by atoms with Crippen molar-refractivity contribution < 1.29 is 93.6 Å². The minimum atomic E-state index is -5.82. The molecule has 0 radical (unpaired) electrons. The van der Waals surface area contributed by atoms with Crippen LogP contribution in [0, 0.1) is 24.2 Å². The normalized spacial score (nSPS) is 16.3. The van der Waals surface area contributed by atoms with Crippen LogP contribution in [0.3, 0.4) is 0 Å². The number of nitrogens with one attached hydrogen (secondary N) is 4. The molecule has 1 aromatic heterocycles. The maximum Gasteiger partial charge on any atom is 0.490 e. The third kappa shape index (κ3) is 25.2. The number of phosphoric ester groups is 1. The molecule has 0 saturated carbocycles. The van der Waals surface area contributed by atoms with Crippen molar-refractivity contribution in [1.82, 2.24) is 25.5 Å². The Balaban J connectivity index is 0.758. The van der Waals surface area contributed by atoms with Crippen molar-refractivity contribution in [3.8, 4) is 34.3 Å². The van der Waals surface area contributed by atoms with E-state index < -0.39 is 67.0 Å². The Kier molecular flexibility index (Phi) is 28.8. The van der Waals surface area contributed by atoms with Gasteiger partial charge in [-0.05, 0) is 106 Å². The highest BCUT2D eigenvalue weighted by Crippen LogP contribution is 2.66. The molecule has 32 nitrogen and oxygen atoms in total. The van der Waals surface area contributed by atoms with E-state index in [0.29, 0.717) is 86.1 Å². The first-order valence-electron chi connectivity index (χ1n) is 28.1. The smallest absolute Gasteiger partial charge is 0.466 e. The Morgan fingerprint density at radius 2 is 1.67 bits per heavy atom. The van der Waals surface area contributed by atoms with Crippen LogP contribution in [0.15, 0.2) is 75.1 Å². The monoisotopic (exact) mass is 1370 g/mol. The number of anilines is 2. The summed E-state index contributed by atoms with van der Waals surface area (Å²) in [5.74, 6) is 5.60. The van der Waals surface area contributed by atoms with Gasteiger partial charge in [0.15, 0.2) is 0 Å². The number of hydrogen-bond donors (Lipinski definition) is 10. The SMILES string of the molecule is Cc1ccc(C(=O)NCCOCCOCCCC(=O)OCCC(C)(C)SSCOCCCCCNC(=O)NCC#Cc2cn([C@H]3CC(OCN=[N+]=[N-])[C@@H](COP(=O)(O)OP(=O)(O)OP(=O)(O)O)O3)c(=O)nc2N)cc1-c1c2ccc(=N)cc-2oc2cc(N)ccc12. The summed E-state index contributed by atoms with van der Waals surface area (Å²) >= 11 is 0. The van der Waals surface area contributed by atoms with Gasteiger partial charge in [-0.25, -0.2) is 23.3 Å². The number of nitrogens with zero attached hydrogens (tertiary/aromatic N) is 5. The third-order valence-corrected chi connectivity index (χ3v) is 19.8. The number of nitrogen functional groups attached to an aromatic ring is 2. The van der Waals surface area contributed by atoms with E-state index in [1.165, 1.54) is 6.20 Å². The van der Waals surface area contributed by atoms with Crippen LogP contribution < -0.4 is 38.5 Å². The number of carbonyl (C=O) groups is 3. The quantitative estimate of drug-likeness (QED) is 0.00161. The molecule has 1 saturated heterocycles. The molecule has 3 aliphatic rings. The summed E-state index contributed by atoms with van der Waals surface area (Å²) in [6.07, 6.45) is 0.922. The lowest BCUT2D eigenvalue weighted by Gasteiger charge is -2.22. The number of amides is 3. The summed E-state index contributed by atoms with van der Waals surface area (Å²) in [5.41, 5.74) is 24.9. The maximum atomic E-state index is 13.2. The van der Waals surface area contributed by atoms with Gasteiger partial charge in [-0.2, -0.15) is 13.6 Å². The van der Waals surface area contributed by atoms with E-state index in [1.807, 2.05) is 31.2 Å². The molecule has 1 fully saturated rings. The molecule has 2 aliphatic heterocycles. The van der Waals surface area contributed by atoms with Crippen LogP contribution in [-0.4, -0.2) is 143 Å². The third-order valence-electron chi connectivity index (χ3n) is 13.0. The lowest BCUT2D eigenvalue weighted by molar-refractivity contribution is -0.144. The zero-order valence-corrected chi connectivity index (χ0v) is 54.0. The summed E-state index contributed by atoms with van der Waals surface area (Å²) < 4.78 is 87.7. The van der Waals surface area contributed by atoms with Crippen molar-refractivity contribution in [3.05, 3.63) is 104 Å². The first-order valence-corrected chi connectivity index (χ1v) is 34.9. The maximum absolute atomic E-state index is 13.2. The van der Waals surface area contributed by atoms with Gasteiger partial charge < -0.3 is 85.2 Å². The number of unbranched alkanes of at least 4 members (excludes halogenated alkanes) is 2. The Hall–Kier alpha value is -6.40. The molecular formula is C54H72N11O21P3S2. The van der Waals surface area contributed by atoms with Crippen LogP contribution in [0.1, 0.15) is 86.5 Å². The highest BCUT2D eigenvalue weighted by atomic mass is 33.1. The summed E-state index contributed by atoms with van der Waals surface area (Å²) in [4.78, 5) is 94.0. The molecule has 0 bridgehead atoms. The minimum Gasteiger partial charge on any atom is -0.466 e. The van der Waals surface area contributed by atoms with Gasteiger partial charge in [0.05, 0.1) is 56.6 Å². The number of rotatable bonds is 37. The van der Waals surface area contributed by atoms with Crippen LogP contribution in [-0.2, 0) is 60.1 Å². The molecule has 3 heterocycles. The number of fused-ring (bicyclic) bond motifs is 2. The van der Waals surface area contributed by atoms with Gasteiger partial charge in [0.25, 0.3) is 5.91 Å². The number of benzene rings is 3. The lowest BCUT2D eigenvalue weighted by Crippen LogP contribution is -2.36. The topological polar surface area (TPSA) is 475 Å². The number of nitrogens with two attached hydrogens (primary N) is 2. The Morgan fingerprint density at radius 1 is 0.901 bits per heavy atom. The molecule has 3 unspecified atom stereocenters. The number of ether oxygens (including phenoxy) is 6. The summed E-state index contributed by atoms with van der Waals surface area (Å²) in [6, 6.07) is 15.7. The fraction of sp³-hybridized carbons (Fsp3) is 0.481. The molecule has 12 N–H and O–H groups in total. The Bertz CT molecular complexity index is 3670. The second kappa shape index (κ2) is 35.6. The van der Waals surface area contributed by atoms with Crippen LogP contribution >= 0.6 is 45.1 Å². The van der Waals surface area contributed by atoms with Crippen molar-refractivity contribution >= 4 is 85.4 Å². The summed E-state index contributed by atoms with van der Waals surface area (Å²) in [5, 5.41) is 20.7. The van der Waals surface area contributed by atoms with Gasteiger partial charge in [-0.3, -0.25) is 18.7 Å². The molecule has 91 heavy (non-hydrogen) atoms. The van der Waals surface area contributed by atoms with Gasteiger partial charge >= 0.3 is 41.2 Å². The predicted octanol–water partition coefficient (Wildman–Crippen LogP) is 7.13. The zero-order valence-electron chi connectivity index (χ0n) is 49.7. The standard InChI is InChI=1S/C54H72N11O21P3S2/c1-35-11-12-36(27-42(35)49-40-15-13-38(55)28-43(40)83-44-29-39(56)14-16-41(44)49)51(67)59-20-24-78-26-25-77-22-8-10-48(66)80-23-17-54(2,3)91-90-34-79-21-6-4-5-18-60-52(68)61-19-7-9-37-31-65(53(69)63-50(37)57)47-30-45(81-33-62-64-58)46(84-47)32-82-88(73,74)86-89(75,76)85-87(70,71)72/h11-16,27-29,31,45-47,55H,4-6,8,10,17-26,30,32-34,56H2,1-3H3,(H,59,67)(H,73,74)(H,75,76)(H2,57,63,69)(H2,60,61,68)(H2,70,71,72)/t45?,46-,47-/m1/s1. The largest absolute Gasteiger partial charge is 0.490 e. The van der Waals surface area contributed by atoms with Crippen molar-refractivity contribution in [2.24, 2.45) is 5.11 Å². The molecule has 2 aromatic carbocycles. The van der Waals surface area contributed by atoms with Crippen LogP contribution in [0.4, 0.5) is 16.3 Å². The Morgan fingerprint density at radius 3 is 2.44 bits per heavy atom. The molecule has 0 spiro atoms. The molecule has 5 atom stereocenters. The van der Waals surface area contributed by atoms with Crippen molar-refractivity contribution in [3.63, 3.8) is 0 Å². The Labute approximate surface area is 529 Å². The number of aryl methyl sites for hydroxylation is 1. The second-order valence-corrected chi connectivity index (χ2v) is 27.9. The first kappa shape index (κ1) is 73.6. The predicted molar refractivity (Wildman–Crippen MR) is 334 cm³/mol. The average molecular weight is 1370 g/mol.